The van der Waals surface area contributed by atoms with E-state index in [0.717, 1.165) is 6.07 Å². The van der Waals surface area contributed by atoms with E-state index in [9.17, 15) is 23.9 Å². The lowest BCUT2D eigenvalue weighted by molar-refractivity contribution is -0.120. The van der Waals surface area contributed by atoms with E-state index >= 15 is 0 Å². The van der Waals surface area contributed by atoms with Gasteiger partial charge in [0.2, 0.25) is 0 Å². The highest BCUT2D eigenvalue weighted by Gasteiger charge is 2.10. The van der Waals surface area contributed by atoms with E-state index in [2.05, 4.69) is 16.2 Å². The molecule has 2 rings (SSSR count). The lowest BCUT2D eigenvalue weighted by Crippen LogP contribution is -2.46. The number of nitrogens with one attached hydrogen (secondary N) is 3. The third-order valence-corrected chi connectivity index (χ3v) is 2.92. The van der Waals surface area contributed by atoms with Crippen molar-refractivity contribution >= 4 is 17.7 Å². The van der Waals surface area contributed by atoms with Gasteiger partial charge in [0.15, 0.2) is 0 Å². The molecule has 124 valence electrons. The van der Waals surface area contributed by atoms with E-state index in [1.165, 1.54) is 42.5 Å². The number of hydrogen-bond acceptors (Lipinski definition) is 4. The lowest BCUT2D eigenvalue weighted by atomic mass is 10.2. The van der Waals surface area contributed by atoms with Gasteiger partial charge in [0, 0.05) is 11.1 Å². The van der Waals surface area contributed by atoms with Crippen molar-refractivity contribution in [3.63, 3.8) is 0 Å². The fraction of sp³-hybridized carbons (Fsp3) is 0.0625. The van der Waals surface area contributed by atoms with Crippen molar-refractivity contribution in [2.75, 3.05) is 6.54 Å². The average molecular weight is 331 g/mol. The summed E-state index contributed by atoms with van der Waals surface area (Å²) in [5, 5.41) is 11.6. The Labute approximate surface area is 136 Å². The predicted octanol–water partition coefficient (Wildman–Crippen LogP) is 0.722. The Kier molecular flexibility index (Phi) is 5.45. The standard InChI is InChI=1S/C16H14FN3O4/c17-12-5-1-3-10(7-12)15(23)18-9-14(22)19-20-16(24)11-4-2-6-13(21)8-11/h1-8,21H,9H2,(H,18,23)(H,19,22)(H,20,24). The first-order chi connectivity index (χ1) is 11.5. The van der Waals surface area contributed by atoms with Crippen molar-refractivity contribution in [2.45, 2.75) is 0 Å². The molecular formula is C16H14FN3O4. The van der Waals surface area contributed by atoms with Crippen molar-refractivity contribution in [3.05, 3.63) is 65.5 Å². The van der Waals surface area contributed by atoms with Gasteiger partial charge in [0.25, 0.3) is 17.7 Å². The Morgan fingerprint density at radius 1 is 0.917 bits per heavy atom. The van der Waals surface area contributed by atoms with Crippen LogP contribution in [0.3, 0.4) is 0 Å². The fourth-order valence-electron chi connectivity index (χ4n) is 1.78. The number of aromatic hydroxyl groups is 1. The van der Waals surface area contributed by atoms with Crippen LogP contribution in [-0.2, 0) is 4.79 Å². The summed E-state index contributed by atoms with van der Waals surface area (Å²) in [5.41, 5.74) is 4.47. The second-order valence-electron chi connectivity index (χ2n) is 4.75. The number of carbonyl (C=O) groups is 3. The van der Waals surface area contributed by atoms with Crippen molar-refractivity contribution in [1.29, 1.82) is 0 Å². The molecule has 3 amide bonds. The zero-order valence-corrected chi connectivity index (χ0v) is 12.4. The Hall–Kier alpha value is -3.42. The molecule has 2 aromatic rings. The van der Waals surface area contributed by atoms with Crippen LogP contribution in [0.5, 0.6) is 5.75 Å². The van der Waals surface area contributed by atoms with Crippen LogP contribution >= 0.6 is 0 Å². The van der Waals surface area contributed by atoms with Gasteiger partial charge in [-0.25, -0.2) is 4.39 Å². The van der Waals surface area contributed by atoms with Crippen molar-refractivity contribution in [3.8, 4) is 5.75 Å². The fourth-order valence-corrected chi connectivity index (χ4v) is 1.78. The number of rotatable bonds is 4. The highest BCUT2D eigenvalue weighted by atomic mass is 19.1. The zero-order valence-electron chi connectivity index (χ0n) is 12.4. The number of hydrogen-bond donors (Lipinski definition) is 4. The second kappa shape index (κ2) is 7.73. The summed E-state index contributed by atoms with van der Waals surface area (Å²) in [5.74, 6) is -2.57. The molecule has 4 N–H and O–H groups in total. The second-order valence-corrected chi connectivity index (χ2v) is 4.75. The van der Waals surface area contributed by atoms with Crippen LogP contribution in [0.1, 0.15) is 20.7 Å². The van der Waals surface area contributed by atoms with Crippen LogP contribution in [0.4, 0.5) is 4.39 Å². The molecule has 0 unspecified atom stereocenters. The Bertz CT molecular complexity index is 716. The van der Waals surface area contributed by atoms with Gasteiger partial charge >= 0.3 is 0 Å². The number of halogens is 1. The van der Waals surface area contributed by atoms with E-state index in [1.54, 1.807) is 0 Å². The minimum Gasteiger partial charge on any atom is -0.508 e. The SMILES string of the molecule is O=C(CNC(=O)c1cccc(F)c1)NNC(=O)c1cccc(O)c1. The number of carbonyl (C=O) groups excluding carboxylic acids is 3. The van der Waals surface area contributed by atoms with E-state index < -0.39 is 30.1 Å². The molecule has 0 heterocycles. The van der Waals surface area contributed by atoms with Crippen LogP contribution < -0.4 is 16.2 Å². The molecule has 8 heteroatoms. The third-order valence-electron chi connectivity index (χ3n) is 2.92. The van der Waals surface area contributed by atoms with E-state index in [1.807, 2.05) is 0 Å². The van der Waals surface area contributed by atoms with Gasteiger partial charge in [-0.1, -0.05) is 12.1 Å². The first-order valence-corrected chi connectivity index (χ1v) is 6.87. The molecule has 24 heavy (non-hydrogen) atoms. The average Bonchev–Trinajstić information content (AvgIpc) is 2.57. The van der Waals surface area contributed by atoms with Gasteiger partial charge in [0.05, 0.1) is 6.54 Å². The third kappa shape index (κ3) is 4.80. The minimum atomic E-state index is -0.673. The molecule has 7 nitrogen and oxygen atoms in total. The summed E-state index contributed by atoms with van der Waals surface area (Å²) in [6, 6.07) is 10.6. The normalized spacial score (nSPS) is 9.88. The number of phenolic OH excluding ortho intramolecular Hbond substituents is 1. The maximum Gasteiger partial charge on any atom is 0.269 e. The monoisotopic (exact) mass is 331 g/mol. The van der Waals surface area contributed by atoms with Crippen LogP contribution in [-0.4, -0.2) is 29.4 Å². The predicted molar refractivity (Wildman–Crippen MR) is 82.4 cm³/mol. The van der Waals surface area contributed by atoms with Gasteiger partial charge in [0.1, 0.15) is 11.6 Å². The van der Waals surface area contributed by atoms with Crippen molar-refractivity contribution in [1.82, 2.24) is 16.2 Å². The summed E-state index contributed by atoms with van der Waals surface area (Å²) in [6.07, 6.45) is 0. The summed E-state index contributed by atoms with van der Waals surface area (Å²) in [6.45, 7) is -0.407. The number of hydrazine groups is 1. The molecule has 0 aliphatic heterocycles. The highest BCUT2D eigenvalue weighted by Crippen LogP contribution is 2.10. The highest BCUT2D eigenvalue weighted by molar-refractivity contribution is 5.98. The Morgan fingerprint density at radius 2 is 1.58 bits per heavy atom. The molecule has 0 saturated carbocycles. The number of amides is 3. The van der Waals surface area contributed by atoms with Gasteiger partial charge in [-0.15, -0.1) is 0 Å². The molecule has 0 aliphatic rings. The first-order valence-electron chi connectivity index (χ1n) is 6.87. The van der Waals surface area contributed by atoms with E-state index in [-0.39, 0.29) is 16.9 Å². The Balaban J connectivity index is 1.79. The van der Waals surface area contributed by atoms with Crippen LogP contribution in [0.15, 0.2) is 48.5 Å². The van der Waals surface area contributed by atoms with Crippen LogP contribution in [0.2, 0.25) is 0 Å². The maximum atomic E-state index is 13.0. The van der Waals surface area contributed by atoms with Crippen molar-refractivity contribution < 1.29 is 23.9 Å². The molecule has 0 aromatic heterocycles. The van der Waals surface area contributed by atoms with Gasteiger partial charge in [-0.3, -0.25) is 25.2 Å². The van der Waals surface area contributed by atoms with E-state index in [0.29, 0.717) is 0 Å². The summed E-state index contributed by atoms with van der Waals surface area (Å²) >= 11 is 0. The summed E-state index contributed by atoms with van der Waals surface area (Å²) in [7, 11) is 0. The topological polar surface area (TPSA) is 108 Å². The van der Waals surface area contributed by atoms with E-state index in [4.69, 9.17) is 0 Å². The van der Waals surface area contributed by atoms with Crippen molar-refractivity contribution in [2.24, 2.45) is 0 Å². The molecule has 0 atom stereocenters. The smallest absolute Gasteiger partial charge is 0.269 e. The largest absolute Gasteiger partial charge is 0.508 e. The maximum absolute atomic E-state index is 13.0. The molecule has 0 spiro atoms. The number of benzene rings is 2. The molecule has 0 aliphatic carbocycles. The molecule has 0 saturated heterocycles. The molecular weight excluding hydrogens is 317 g/mol. The quantitative estimate of drug-likeness (QED) is 0.619. The molecule has 0 radical (unpaired) electrons. The van der Waals surface area contributed by atoms with Gasteiger partial charge in [-0.2, -0.15) is 0 Å². The zero-order chi connectivity index (χ0) is 17.5. The lowest BCUT2D eigenvalue weighted by Gasteiger charge is -2.08. The van der Waals surface area contributed by atoms with Crippen LogP contribution in [0, 0.1) is 5.82 Å². The molecule has 0 fully saturated rings. The minimum absolute atomic E-state index is 0.0756. The van der Waals surface area contributed by atoms with Gasteiger partial charge < -0.3 is 10.4 Å². The molecule has 2 aromatic carbocycles. The first kappa shape index (κ1) is 16.9. The number of phenols is 1. The van der Waals surface area contributed by atoms with Gasteiger partial charge in [-0.05, 0) is 36.4 Å². The van der Waals surface area contributed by atoms with Crippen LogP contribution in [0.25, 0.3) is 0 Å². The molecule has 0 bridgehead atoms. The summed E-state index contributed by atoms with van der Waals surface area (Å²) < 4.78 is 13.0. The Morgan fingerprint density at radius 3 is 2.25 bits per heavy atom. The summed E-state index contributed by atoms with van der Waals surface area (Å²) in [4.78, 5) is 35.0.